The van der Waals surface area contributed by atoms with Gasteiger partial charge in [0.15, 0.2) is 0 Å². The van der Waals surface area contributed by atoms with E-state index in [1.54, 1.807) is 0 Å². The van der Waals surface area contributed by atoms with Crippen LogP contribution < -0.4 is 0 Å². The average molecular weight is 150 g/mol. The fourth-order valence-electron chi connectivity index (χ4n) is 0. The van der Waals surface area contributed by atoms with Gasteiger partial charge in [-0.15, -0.1) is 0 Å². The molecule has 1 heteroatoms. The van der Waals surface area contributed by atoms with Crippen LogP contribution in [-0.4, -0.2) is 0 Å². The minimum absolute atomic E-state index is 0. The van der Waals surface area contributed by atoms with E-state index < -0.39 is 0 Å². The zero-order chi connectivity index (χ0) is 3.41. The van der Waals surface area contributed by atoms with E-state index in [2.05, 4.69) is 25.8 Å². The molecule has 0 unspecified atom stereocenters. The van der Waals surface area contributed by atoms with Gasteiger partial charge in [0.1, 0.15) is 0 Å². The maximum absolute atomic E-state index is 3.44. The quantitative estimate of drug-likeness (QED) is 0.390. The molecule has 0 aliphatic rings. The summed E-state index contributed by atoms with van der Waals surface area (Å²) < 4.78 is 0. The minimum atomic E-state index is 0. The van der Waals surface area contributed by atoms with Crippen molar-refractivity contribution in [3.63, 3.8) is 0 Å². The van der Waals surface area contributed by atoms with Gasteiger partial charge in [0.2, 0.25) is 0 Å². The standard InChI is InChI=1S/C3H5.Pd.2H/c1-3-2;;;/h3H,1-2H2;;;/q;+2;2*-1. The first-order valence-corrected chi connectivity index (χ1v) is 2.14. The van der Waals surface area contributed by atoms with E-state index in [4.69, 9.17) is 0 Å². The van der Waals surface area contributed by atoms with Gasteiger partial charge in [-0.3, -0.25) is 0 Å². The van der Waals surface area contributed by atoms with Crippen LogP contribution in [0.15, 0.2) is 12.7 Å². The SMILES string of the molecule is C=C[CH2][Pd+2].[H-].[H-]. The van der Waals surface area contributed by atoms with Crippen LogP contribution >= 0.6 is 0 Å². The molecule has 0 fully saturated rings. The molecule has 0 aliphatic heterocycles. The Morgan fingerprint density at radius 1 is 2.25 bits per heavy atom. The summed E-state index contributed by atoms with van der Waals surface area (Å²) in [4.78, 5) is 0.933. The van der Waals surface area contributed by atoms with E-state index in [0.717, 1.165) is 4.89 Å². The Labute approximate surface area is 40.3 Å². The van der Waals surface area contributed by atoms with Gasteiger partial charge in [-0.05, 0) is 0 Å². The molecule has 0 amide bonds. The summed E-state index contributed by atoms with van der Waals surface area (Å²) in [5, 5.41) is 0. The normalized spacial score (nSPS) is 6.25. The van der Waals surface area contributed by atoms with E-state index in [1.807, 2.05) is 6.08 Å². The van der Waals surface area contributed by atoms with Gasteiger partial charge in [0.05, 0.1) is 0 Å². The first-order valence-electron chi connectivity index (χ1n) is 1.04. The van der Waals surface area contributed by atoms with Gasteiger partial charge in [-0.1, -0.05) is 0 Å². The zero-order valence-electron chi connectivity index (χ0n) is 4.31. The van der Waals surface area contributed by atoms with E-state index in [-0.39, 0.29) is 2.85 Å². The number of hydrogen-bond donors (Lipinski definition) is 0. The molecule has 0 atom stereocenters. The molecule has 0 radical (unpaired) electrons. The van der Waals surface area contributed by atoms with Gasteiger partial charge in [0, 0.05) is 0 Å². The molecule has 0 N–H and O–H groups in total. The third-order valence-corrected chi connectivity index (χ3v) is 0.540. The molecule has 29 valence electrons. The largest absolute Gasteiger partial charge is 1.00 e. The number of hydrogen-bond acceptors (Lipinski definition) is 0. The molecule has 0 saturated heterocycles. The maximum atomic E-state index is 3.44. The van der Waals surface area contributed by atoms with Gasteiger partial charge >= 0.3 is 36.8 Å². The van der Waals surface area contributed by atoms with Crippen molar-refractivity contribution in [2.45, 2.75) is 4.89 Å². The van der Waals surface area contributed by atoms with Crippen molar-refractivity contribution in [1.82, 2.24) is 0 Å². The summed E-state index contributed by atoms with van der Waals surface area (Å²) in [6.07, 6.45) is 1.81. The van der Waals surface area contributed by atoms with Crippen molar-refractivity contribution >= 4 is 0 Å². The van der Waals surface area contributed by atoms with Crippen LogP contribution in [0.1, 0.15) is 2.85 Å². The average Bonchev–Trinajstić information content (AvgIpc) is 1.37. The van der Waals surface area contributed by atoms with Crippen molar-refractivity contribution in [2.24, 2.45) is 0 Å². The molecule has 0 aromatic heterocycles. The van der Waals surface area contributed by atoms with Crippen LogP contribution in [0.5, 0.6) is 0 Å². The summed E-state index contributed by atoms with van der Waals surface area (Å²) in [7, 11) is 0. The summed E-state index contributed by atoms with van der Waals surface area (Å²) in [6, 6.07) is 0. The van der Waals surface area contributed by atoms with Crippen LogP contribution in [0.2, 0.25) is 4.89 Å². The third-order valence-electron chi connectivity index (χ3n) is 0.0913. The molecule has 0 aromatic carbocycles. The van der Waals surface area contributed by atoms with Crippen molar-refractivity contribution < 1.29 is 22.1 Å². The second-order valence-electron chi connectivity index (χ2n) is 0.418. The minimum Gasteiger partial charge on any atom is -1.00 e. The smallest absolute Gasteiger partial charge is 1.00 e. The monoisotopic (exact) mass is 149 g/mol. The van der Waals surface area contributed by atoms with E-state index >= 15 is 0 Å². The van der Waals surface area contributed by atoms with Crippen LogP contribution in [0, 0.1) is 0 Å². The fourth-order valence-corrected chi connectivity index (χ4v) is 0. The molecular weight excluding hydrogens is 142 g/mol. The van der Waals surface area contributed by atoms with E-state index in [0.29, 0.717) is 0 Å². The molecule has 0 aromatic rings. The van der Waals surface area contributed by atoms with E-state index in [1.165, 1.54) is 0 Å². The van der Waals surface area contributed by atoms with Crippen molar-refractivity contribution in [1.29, 1.82) is 0 Å². The third kappa shape index (κ3) is 2.40. The fraction of sp³-hybridized carbons (Fsp3) is 0.333. The zero-order valence-corrected chi connectivity index (χ0v) is 3.86. The Kier molecular flexibility index (Phi) is 3.74. The predicted molar refractivity (Wildman–Crippen MR) is 17.2 cm³/mol. The molecule has 0 heterocycles. The van der Waals surface area contributed by atoms with Crippen molar-refractivity contribution in [3.05, 3.63) is 12.7 Å². The molecular formula is C3H7Pd. The topological polar surface area (TPSA) is 0 Å². The molecule has 0 spiro atoms. The Morgan fingerprint density at radius 3 is 2.50 bits per heavy atom. The molecule has 0 saturated carbocycles. The Bertz CT molecular complexity index is 22.8. The summed E-state index contributed by atoms with van der Waals surface area (Å²) >= 11 is 2.92. The first kappa shape index (κ1) is 4.40. The van der Waals surface area contributed by atoms with Crippen LogP contribution in [0.4, 0.5) is 0 Å². The van der Waals surface area contributed by atoms with Gasteiger partial charge in [-0.2, -0.15) is 0 Å². The Balaban J connectivity index is -0.0000000450. The predicted octanol–water partition coefficient (Wildman–Crippen LogP) is 1.36. The van der Waals surface area contributed by atoms with Crippen LogP contribution in [-0.2, 0) is 19.2 Å². The summed E-state index contributed by atoms with van der Waals surface area (Å²) in [6.45, 7) is 3.44. The molecule has 0 nitrogen and oxygen atoms in total. The second-order valence-corrected chi connectivity index (χ2v) is 1.05. The number of rotatable bonds is 1. The molecule has 0 bridgehead atoms. The molecule has 0 aliphatic carbocycles. The van der Waals surface area contributed by atoms with Gasteiger partial charge < -0.3 is 2.85 Å². The van der Waals surface area contributed by atoms with Gasteiger partial charge in [-0.25, -0.2) is 0 Å². The maximum Gasteiger partial charge on any atom is -1.00 e. The summed E-state index contributed by atoms with van der Waals surface area (Å²) in [5.74, 6) is 0. The van der Waals surface area contributed by atoms with Crippen LogP contribution in [0.3, 0.4) is 0 Å². The van der Waals surface area contributed by atoms with Crippen LogP contribution in [0.25, 0.3) is 0 Å². The van der Waals surface area contributed by atoms with Gasteiger partial charge in [0.25, 0.3) is 0 Å². The molecule has 0 rings (SSSR count). The van der Waals surface area contributed by atoms with Crippen molar-refractivity contribution in [3.8, 4) is 0 Å². The summed E-state index contributed by atoms with van der Waals surface area (Å²) in [5.41, 5.74) is 0. The van der Waals surface area contributed by atoms with E-state index in [9.17, 15) is 0 Å². The Hall–Kier alpha value is 0.402. The van der Waals surface area contributed by atoms with Crippen molar-refractivity contribution in [2.75, 3.05) is 0 Å². The second kappa shape index (κ2) is 3.40. The molecule has 4 heavy (non-hydrogen) atoms. The number of allylic oxidation sites excluding steroid dienone is 1. The first-order chi connectivity index (χ1) is 1.91. The Morgan fingerprint density at radius 2 is 2.50 bits per heavy atom.